The van der Waals surface area contributed by atoms with E-state index in [2.05, 4.69) is 36.8 Å². The highest BCUT2D eigenvalue weighted by atomic mass is 28.4. The Morgan fingerprint density at radius 3 is 0.724 bits per heavy atom. The Balaban J connectivity index is 5.07. The predicted octanol–water partition coefficient (Wildman–Crippen LogP) is 3.50. The van der Waals surface area contributed by atoms with E-state index >= 15 is 0 Å². The van der Waals surface area contributed by atoms with Crippen LogP contribution in [0.15, 0.2) is 0 Å². The van der Waals surface area contributed by atoms with Crippen molar-refractivity contribution in [3.05, 3.63) is 0 Å². The Morgan fingerprint density at radius 1 is 0.345 bits per heavy atom. The SMILES string of the molecule is CCO[Si](CCCNC(=O)NCCN(CCNC(=O)NCCC[Si](OCC)(OCC)OCC)CCNC(=O)NCCC[Si](OCC)(OCC)OCC)(OCC)OCC. The largest absolute Gasteiger partial charge is 0.500 e. The minimum Gasteiger partial charge on any atom is -0.374 e. The molecule has 0 fully saturated rings. The van der Waals surface area contributed by atoms with Crippen LogP contribution in [0.25, 0.3) is 0 Å². The molecule has 0 bridgehead atoms. The van der Waals surface area contributed by atoms with Gasteiger partial charge in [-0.15, -0.1) is 0 Å². The van der Waals surface area contributed by atoms with E-state index in [-0.39, 0.29) is 18.1 Å². The number of carbonyl (C=O) groups is 3. The molecule has 344 valence electrons. The maximum atomic E-state index is 12.6. The van der Waals surface area contributed by atoms with Gasteiger partial charge in [0.05, 0.1) is 0 Å². The van der Waals surface area contributed by atoms with Crippen LogP contribution in [0.2, 0.25) is 18.1 Å². The van der Waals surface area contributed by atoms with E-state index in [4.69, 9.17) is 39.8 Å². The van der Waals surface area contributed by atoms with Gasteiger partial charge in [0, 0.05) is 136 Å². The summed E-state index contributed by atoms with van der Waals surface area (Å²) in [5, 5.41) is 17.4. The number of urea groups is 3. The topological polar surface area (TPSA) is 210 Å². The van der Waals surface area contributed by atoms with Crippen LogP contribution < -0.4 is 31.9 Å². The highest BCUT2D eigenvalue weighted by Gasteiger charge is 2.41. The normalized spacial score (nSPS) is 12.1. The molecule has 0 aromatic carbocycles. The third-order valence-electron chi connectivity index (χ3n) is 8.25. The van der Waals surface area contributed by atoms with Crippen LogP contribution in [0.5, 0.6) is 0 Å². The maximum Gasteiger partial charge on any atom is 0.500 e. The maximum absolute atomic E-state index is 12.6. The Hall–Kier alpha value is -1.94. The van der Waals surface area contributed by atoms with Gasteiger partial charge >= 0.3 is 44.5 Å². The molecular formula is C36H81N7O12Si3. The molecule has 0 aliphatic heterocycles. The second-order valence-electron chi connectivity index (χ2n) is 12.6. The molecule has 0 aliphatic carbocycles. The van der Waals surface area contributed by atoms with Crippen molar-refractivity contribution in [1.29, 1.82) is 0 Å². The van der Waals surface area contributed by atoms with E-state index in [1.165, 1.54) is 0 Å². The molecule has 0 aromatic rings. The van der Waals surface area contributed by atoms with Crippen molar-refractivity contribution in [2.75, 3.05) is 118 Å². The van der Waals surface area contributed by atoms with Gasteiger partial charge in [0.2, 0.25) is 0 Å². The summed E-state index contributed by atoms with van der Waals surface area (Å²) >= 11 is 0. The molecule has 0 unspecified atom stereocenters. The van der Waals surface area contributed by atoms with Gasteiger partial charge < -0.3 is 71.7 Å². The van der Waals surface area contributed by atoms with Crippen molar-refractivity contribution in [3.8, 4) is 0 Å². The lowest BCUT2D eigenvalue weighted by Gasteiger charge is -2.28. The zero-order valence-electron chi connectivity index (χ0n) is 37.3. The van der Waals surface area contributed by atoms with Crippen molar-refractivity contribution >= 4 is 44.5 Å². The lowest BCUT2D eigenvalue weighted by molar-refractivity contribution is 0.0700. The van der Waals surface area contributed by atoms with E-state index in [1.807, 2.05) is 62.3 Å². The molecule has 6 amide bonds. The standard InChI is InChI=1S/C36H81N7O12Si3/c1-10-47-56(48-11-2,49-12-3)31-19-22-37-34(44)40-25-28-43(29-26-41-35(45)38-23-20-32-57(50-13-4,51-14-5)52-15-6)30-27-42-36(46)39-24-21-33-58(53-16-7,54-17-8)55-18-9/h10-33H2,1-9H3,(H2,37,40,44)(H2,38,41,45)(H2,39,42,46). The number of carbonyl (C=O) groups excluding carboxylic acids is 3. The average molecular weight is 888 g/mol. The molecule has 0 heterocycles. The molecule has 0 radical (unpaired) electrons. The summed E-state index contributed by atoms with van der Waals surface area (Å²) in [5.41, 5.74) is 0. The van der Waals surface area contributed by atoms with Gasteiger partial charge in [0.1, 0.15) is 0 Å². The van der Waals surface area contributed by atoms with Crippen LogP contribution in [0.3, 0.4) is 0 Å². The predicted molar refractivity (Wildman–Crippen MR) is 231 cm³/mol. The van der Waals surface area contributed by atoms with Crippen molar-refractivity contribution < 1.29 is 54.2 Å². The van der Waals surface area contributed by atoms with Gasteiger partial charge in [-0.3, -0.25) is 4.90 Å². The van der Waals surface area contributed by atoms with Crippen LogP contribution in [-0.2, 0) is 39.8 Å². The Morgan fingerprint density at radius 2 is 0.534 bits per heavy atom. The smallest absolute Gasteiger partial charge is 0.374 e. The lowest BCUT2D eigenvalue weighted by atomic mass is 10.4. The summed E-state index contributed by atoms with van der Waals surface area (Å²) in [6.07, 6.45) is 1.95. The van der Waals surface area contributed by atoms with Gasteiger partial charge in [-0.05, 0) is 81.6 Å². The van der Waals surface area contributed by atoms with Gasteiger partial charge in [0.15, 0.2) is 0 Å². The van der Waals surface area contributed by atoms with E-state index < -0.39 is 26.4 Å². The van der Waals surface area contributed by atoms with Gasteiger partial charge in [-0.2, -0.15) is 0 Å². The molecular weight excluding hydrogens is 807 g/mol. The summed E-state index contributed by atoms with van der Waals surface area (Å²) in [6.45, 7) is 25.6. The van der Waals surface area contributed by atoms with Crippen LogP contribution in [0.1, 0.15) is 81.6 Å². The van der Waals surface area contributed by atoms with Crippen molar-refractivity contribution in [2.24, 2.45) is 0 Å². The molecule has 0 rings (SSSR count). The summed E-state index contributed by atoms with van der Waals surface area (Å²) in [6, 6.07) is 0.934. The third kappa shape index (κ3) is 26.3. The molecule has 58 heavy (non-hydrogen) atoms. The highest BCUT2D eigenvalue weighted by molar-refractivity contribution is 6.61. The zero-order chi connectivity index (χ0) is 43.4. The first kappa shape index (κ1) is 56.1. The first-order valence-corrected chi connectivity index (χ1v) is 27.3. The van der Waals surface area contributed by atoms with E-state index in [9.17, 15) is 14.4 Å². The van der Waals surface area contributed by atoms with E-state index in [0.29, 0.717) is 156 Å². The molecule has 0 saturated heterocycles. The van der Waals surface area contributed by atoms with Crippen LogP contribution in [0.4, 0.5) is 14.4 Å². The third-order valence-corrected chi connectivity index (χ3v) is 17.7. The number of hydrogen-bond acceptors (Lipinski definition) is 13. The number of hydrogen-bond donors (Lipinski definition) is 6. The zero-order valence-corrected chi connectivity index (χ0v) is 40.3. The first-order chi connectivity index (χ1) is 28.0. The molecule has 0 saturated carbocycles. The number of nitrogens with zero attached hydrogens (tertiary/aromatic N) is 1. The number of amides is 6. The monoisotopic (exact) mass is 888 g/mol. The molecule has 0 spiro atoms. The number of rotatable bonds is 39. The van der Waals surface area contributed by atoms with E-state index in [0.717, 1.165) is 0 Å². The molecule has 0 aliphatic rings. The molecule has 6 N–H and O–H groups in total. The van der Waals surface area contributed by atoms with Crippen LogP contribution >= 0.6 is 0 Å². The minimum absolute atomic E-state index is 0.290. The van der Waals surface area contributed by atoms with Crippen molar-refractivity contribution in [2.45, 2.75) is 99.7 Å². The Bertz CT molecular complexity index is 874. The molecule has 19 nitrogen and oxygen atoms in total. The fourth-order valence-electron chi connectivity index (χ4n) is 6.03. The summed E-state index contributed by atoms with van der Waals surface area (Å²) in [4.78, 5) is 40.0. The van der Waals surface area contributed by atoms with Crippen molar-refractivity contribution in [3.63, 3.8) is 0 Å². The quantitative estimate of drug-likeness (QED) is 0.0387. The van der Waals surface area contributed by atoms with Gasteiger partial charge in [-0.25, -0.2) is 14.4 Å². The Labute approximate surface area is 352 Å². The average Bonchev–Trinajstić information content (AvgIpc) is 3.18. The minimum atomic E-state index is -2.78. The number of nitrogens with one attached hydrogen (secondary N) is 6. The van der Waals surface area contributed by atoms with Gasteiger partial charge in [0.25, 0.3) is 0 Å². The van der Waals surface area contributed by atoms with E-state index in [1.54, 1.807) is 0 Å². The van der Waals surface area contributed by atoms with Crippen LogP contribution in [0, 0.1) is 0 Å². The molecule has 0 aromatic heterocycles. The van der Waals surface area contributed by atoms with Crippen molar-refractivity contribution in [1.82, 2.24) is 36.8 Å². The summed E-state index contributed by atoms with van der Waals surface area (Å²) in [5.74, 6) is 0. The molecule has 22 heteroatoms. The van der Waals surface area contributed by atoms with Gasteiger partial charge in [-0.1, -0.05) is 0 Å². The second kappa shape index (κ2) is 35.8. The fourth-order valence-corrected chi connectivity index (χ4v) is 13.9. The second-order valence-corrected chi connectivity index (χ2v) is 20.8. The lowest BCUT2D eigenvalue weighted by Crippen LogP contribution is -2.48. The Kier molecular flexibility index (Phi) is 34.6. The fraction of sp³-hybridized carbons (Fsp3) is 0.917. The summed E-state index contributed by atoms with van der Waals surface area (Å²) in [7, 11) is -8.34. The van der Waals surface area contributed by atoms with Crippen LogP contribution in [-0.4, -0.2) is 168 Å². The molecule has 0 atom stereocenters. The first-order valence-electron chi connectivity index (χ1n) is 21.5. The summed E-state index contributed by atoms with van der Waals surface area (Å²) < 4.78 is 53.1. The highest BCUT2D eigenvalue weighted by Crippen LogP contribution is 2.19.